The summed E-state index contributed by atoms with van der Waals surface area (Å²) in [4.78, 5) is 56.8. The maximum atomic E-state index is 13.5. The number of ether oxygens (including phenoxy) is 4. The van der Waals surface area contributed by atoms with Gasteiger partial charge in [-0.15, -0.1) is 0 Å². The quantitative estimate of drug-likeness (QED) is 0.367. The number of rotatable bonds is 8. The molecule has 0 spiro atoms. The summed E-state index contributed by atoms with van der Waals surface area (Å²) >= 11 is 0. The van der Waals surface area contributed by atoms with Crippen LogP contribution in [0.25, 0.3) is 0 Å². The van der Waals surface area contributed by atoms with Crippen molar-refractivity contribution in [3.05, 3.63) is 53.1 Å². The molecule has 2 aromatic rings. The lowest BCUT2D eigenvalue weighted by molar-refractivity contribution is -0.123. The number of hydrogen-bond donors (Lipinski definition) is 0. The van der Waals surface area contributed by atoms with E-state index >= 15 is 0 Å². The highest BCUT2D eigenvalue weighted by molar-refractivity contribution is 6.23. The van der Waals surface area contributed by atoms with Crippen molar-refractivity contribution < 1.29 is 38.1 Å². The van der Waals surface area contributed by atoms with Gasteiger partial charge in [0.25, 0.3) is 5.91 Å². The first-order valence-corrected chi connectivity index (χ1v) is 13.1. The van der Waals surface area contributed by atoms with Gasteiger partial charge in [-0.2, -0.15) is 0 Å². The van der Waals surface area contributed by atoms with E-state index < -0.39 is 18.0 Å². The molecule has 0 bridgehead atoms. The summed E-state index contributed by atoms with van der Waals surface area (Å²) < 4.78 is 21.0. The first kappa shape index (κ1) is 26.6. The van der Waals surface area contributed by atoms with Crippen LogP contribution in [0.2, 0.25) is 0 Å². The van der Waals surface area contributed by atoms with E-state index in [9.17, 15) is 19.2 Å². The molecule has 11 heteroatoms. The summed E-state index contributed by atoms with van der Waals surface area (Å²) in [5, 5.41) is 0. The third-order valence-corrected chi connectivity index (χ3v) is 7.01. The van der Waals surface area contributed by atoms with Crippen molar-refractivity contribution in [2.45, 2.75) is 32.9 Å². The predicted octanol–water partition coefficient (Wildman–Crippen LogP) is 2.22. The highest BCUT2D eigenvalue weighted by Gasteiger charge is 2.43. The van der Waals surface area contributed by atoms with Crippen LogP contribution in [0.15, 0.2) is 36.4 Å². The average molecular weight is 538 g/mol. The van der Waals surface area contributed by atoms with Gasteiger partial charge in [-0.1, -0.05) is 6.07 Å². The average Bonchev–Trinajstić information content (AvgIpc) is 3.52. The molecule has 0 aromatic heterocycles. The van der Waals surface area contributed by atoms with Gasteiger partial charge in [0.15, 0.2) is 11.5 Å². The van der Waals surface area contributed by atoms with E-state index in [2.05, 4.69) is 4.90 Å². The van der Waals surface area contributed by atoms with Gasteiger partial charge < -0.3 is 18.9 Å². The third-order valence-electron chi connectivity index (χ3n) is 7.01. The van der Waals surface area contributed by atoms with Gasteiger partial charge in [0.1, 0.15) is 0 Å². The number of hydrogen-bond acceptors (Lipinski definition) is 10. The summed E-state index contributed by atoms with van der Waals surface area (Å²) in [5.41, 5.74) is 1.41. The topological polar surface area (TPSA) is 115 Å². The maximum absolute atomic E-state index is 13.5. The first-order chi connectivity index (χ1) is 18.9. The van der Waals surface area contributed by atoms with Crippen molar-refractivity contribution in [1.29, 1.82) is 0 Å². The second-order valence-electron chi connectivity index (χ2n) is 9.50. The molecular formula is C28H31N3O8. The number of anilines is 1. The normalized spacial score (nSPS) is 19.4. The zero-order chi connectivity index (χ0) is 27.5. The summed E-state index contributed by atoms with van der Waals surface area (Å²) in [6.07, 6.45) is 0.0272. The molecule has 5 rings (SSSR count). The standard InChI is InChI=1S/C28H31N3O8/c1-3-36-27(34)19-12-20(28(35)37-4-2)14-21(13-19)31-25(32)15-22(26(31)33)30-9-7-29(8-10-30)16-18-5-6-23-24(11-18)39-17-38-23/h5-6,11-14,22H,3-4,7-10,15-17H2,1-2H3. The SMILES string of the molecule is CCOC(=O)c1cc(C(=O)OCC)cc(N2C(=O)CC(N3CCN(Cc4ccc5c(c4)OCO5)CC3)C2=O)c1. The fourth-order valence-electron chi connectivity index (χ4n) is 5.11. The van der Waals surface area contributed by atoms with E-state index in [0.29, 0.717) is 13.1 Å². The van der Waals surface area contributed by atoms with Crippen molar-refractivity contribution in [3.8, 4) is 11.5 Å². The zero-order valence-corrected chi connectivity index (χ0v) is 22.0. The van der Waals surface area contributed by atoms with Crippen LogP contribution in [-0.4, -0.2) is 85.8 Å². The molecular weight excluding hydrogens is 506 g/mol. The third kappa shape index (κ3) is 5.59. The van der Waals surface area contributed by atoms with Crippen molar-refractivity contribution in [3.63, 3.8) is 0 Å². The Morgan fingerprint density at radius 3 is 2.15 bits per heavy atom. The number of esters is 2. The molecule has 1 unspecified atom stereocenters. The minimum Gasteiger partial charge on any atom is -0.462 e. The van der Waals surface area contributed by atoms with Gasteiger partial charge in [-0.05, 0) is 49.7 Å². The molecule has 2 amide bonds. The molecule has 0 aliphatic carbocycles. The smallest absolute Gasteiger partial charge is 0.338 e. The number of carbonyl (C=O) groups is 4. The molecule has 206 valence electrons. The Labute approximate surface area is 226 Å². The van der Waals surface area contributed by atoms with Crippen molar-refractivity contribution in [1.82, 2.24) is 9.80 Å². The van der Waals surface area contributed by atoms with E-state index in [-0.39, 0.29) is 55.1 Å². The minimum atomic E-state index is -0.654. The summed E-state index contributed by atoms with van der Waals surface area (Å²) in [7, 11) is 0. The first-order valence-electron chi connectivity index (χ1n) is 13.1. The summed E-state index contributed by atoms with van der Waals surface area (Å²) in [5.74, 6) is -0.568. The van der Waals surface area contributed by atoms with Gasteiger partial charge >= 0.3 is 11.9 Å². The van der Waals surface area contributed by atoms with Crippen LogP contribution in [0, 0.1) is 0 Å². The number of imide groups is 1. The lowest BCUT2D eigenvalue weighted by Gasteiger charge is -2.37. The van der Waals surface area contributed by atoms with E-state index in [1.807, 2.05) is 23.1 Å². The van der Waals surface area contributed by atoms with E-state index in [1.165, 1.54) is 18.2 Å². The lowest BCUT2D eigenvalue weighted by Crippen LogP contribution is -2.52. The number of carbonyl (C=O) groups excluding carboxylic acids is 4. The van der Waals surface area contributed by atoms with Crippen molar-refractivity contribution >= 4 is 29.4 Å². The van der Waals surface area contributed by atoms with Crippen LogP contribution in [0.4, 0.5) is 5.69 Å². The van der Waals surface area contributed by atoms with Gasteiger partial charge in [0.05, 0.1) is 42.5 Å². The molecule has 0 N–H and O–H groups in total. The predicted molar refractivity (Wildman–Crippen MR) is 139 cm³/mol. The van der Waals surface area contributed by atoms with E-state index in [4.69, 9.17) is 18.9 Å². The molecule has 1 atom stereocenters. The fraction of sp³-hybridized carbons (Fsp3) is 0.429. The molecule has 2 aromatic carbocycles. The van der Waals surface area contributed by atoms with Crippen molar-refractivity contribution in [2.24, 2.45) is 0 Å². The monoisotopic (exact) mass is 537 g/mol. The Morgan fingerprint density at radius 2 is 1.51 bits per heavy atom. The molecule has 0 saturated carbocycles. The maximum Gasteiger partial charge on any atom is 0.338 e. The molecule has 0 radical (unpaired) electrons. The second kappa shape index (κ2) is 11.4. The van der Waals surface area contributed by atoms with Gasteiger partial charge in [-0.3, -0.25) is 19.4 Å². The molecule has 3 aliphatic rings. The van der Waals surface area contributed by atoms with Crippen LogP contribution in [0.3, 0.4) is 0 Å². The molecule has 3 heterocycles. The Bertz CT molecular complexity index is 1250. The van der Waals surface area contributed by atoms with Gasteiger partial charge in [0, 0.05) is 32.7 Å². The Morgan fingerprint density at radius 1 is 0.872 bits per heavy atom. The van der Waals surface area contributed by atoms with Gasteiger partial charge in [0.2, 0.25) is 12.7 Å². The summed E-state index contributed by atoms with van der Waals surface area (Å²) in [6, 6.07) is 9.47. The molecule has 2 fully saturated rings. The Balaban J connectivity index is 1.27. The van der Waals surface area contributed by atoms with Crippen LogP contribution in [0.5, 0.6) is 11.5 Å². The molecule has 3 aliphatic heterocycles. The fourth-order valence-corrected chi connectivity index (χ4v) is 5.11. The highest BCUT2D eigenvalue weighted by atomic mass is 16.7. The molecule has 11 nitrogen and oxygen atoms in total. The van der Waals surface area contributed by atoms with Crippen molar-refractivity contribution in [2.75, 3.05) is 51.1 Å². The van der Waals surface area contributed by atoms with Crippen LogP contribution in [0.1, 0.15) is 46.5 Å². The van der Waals surface area contributed by atoms with Crippen LogP contribution < -0.4 is 14.4 Å². The number of fused-ring (bicyclic) bond motifs is 1. The van der Waals surface area contributed by atoms with E-state index in [1.54, 1.807) is 13.8 Å². The number of nitrogens with zero attached hydrogens (tertiary/aromatic N) is 3. The molecule has 2 saturated heterocycles. The van der Waals surface area contributed by atoms with Gasteiger partial charge in [-0.25, -0.2) is 14.5 Å². The zero-order valence-electron chi connectivity index (χ0n) is 22.0. The Kier molecular flexibility index (Phi) is 7.80. The number of piperazine rings is 1. The van der Waals surface area contributed by atoms with Crippen LogP contribution >= 0.6 is 0 Å². The highest BCUT2D eigenvalue weighted by Crippen LogP contribution is 2.33. The minimum absolute atomic E-state index is 0.0272. The summed E-state index contributed by atoms with van der Waals surface area (Å²) in [6.45, 7) is 7.31. The number of benzene rings is 2. The van der Waals surface area contributed by atoms with Crippen LogP contribution in [-0.2, 0) is 25.6 Å². The second-order valence-corrected chi connectivity index (χ2v) is 9.50. The van der Waals surface area contributed by atoms with E-state index in [0.717, 1.165) is 41.6 Å². The molecule has 39 heavy (non-hydrogen) atoms. The Hall–Kier alpha value is -3.96. The largest absolute Gasteiger partial charge is 0.462 e. The number of amides is 2. The lowest BCUT2D eigenvalue weighted by atomic mass is 10.1.